The van der Waals surface area contributed by atoms with E-state index in [1.807, 2.05) is 36.1 Å². The predicted molar refractivity (Wildman–Crippen MR) is 112 cm³/mol. The first-order chi connectivity index (χ1) is 14.0. The Morgan fingerprint density at radius 3 is 2.48 bits per heavy atom. The molecule has 0 spiro atoms. The minimum Gasteiger partial charge on any atom is -0.338 e. The van der Waals surface area contributed by atoms with Gasteiger partial charge in [0.2, 0.25) is 11.8 Å². The third-order valence-electron chi connectivity index (χ3n) is 5.46. The molecule has 1 aliphatic heterocycles. The number of aryl methyl sites for hydroxylation is 1. The Morgan fingerprint density at radius 2 is 1.83 bits per heavy atom. The molecule has 6 heteroatoms. The zero-order valence-corrected chi connectivity index (χ0v) is 16.5. The number of nitrogens with zero attached hydrogens (tertiary/aromatic N) is 1. The van der Waals surface area contributed by atoms with Gasteiger partial charge >= 0.3 is 0 Å². The summed E-state index contributed by atoms with van der Waals surface area (Å²) in [4.78, 5) is 38.2. The maximum atomic E-state index is 12.7. The number of rotatable bonds is 6. The quantitative estimate of drug-likeness (QED) is 0.788. The molecular formula is C23H25N3O3. The second-order valence-electron chi connectivity index (χ2n) is 7.86. The van der Waals surface area contributed by atoms with Crippen molar-refractivity contribution in [2.45, 2.75) is 39.2 Å². The van der Waals surface area contributed by atoms with E-state index in [0.29, 0.717) is 29.9 Å². The molecule has 1 saturated heterocycles. The summed E-state index contributed by atoms with van der Waals surface area (Å²) in [5, 5.41) is 5.84. The SMILES string of the molecule is Cc1ccc(NC(=O)C2CC2)cc1NC(=O)c1ccc(CN2CCCC2=O)cc1. The van der Waals surface area contributed by atoms with Crippen LogP contribution >= 0.6 is 0 Å². The molecule has 1 aliphatic carbocycles. The van der Waals surface area contributed by atoms with Crippen molar-refractivity contribution in [3.05, 3.63) is 59.2 Å². The molecule has 2 fully saturated rings. The minimum absolute atomic E-state index is 0.0400. The maximum Gasteiger partial charge on any atom is 0.255 e. The second kappa shape index (κ2) is 8.07. The number of nitrogens with one attached hydrogen (secondary N) is 2. The van der Waals surface area contributed by atoms with Crippen molar-refractivity contribution in [3.8, 4) is 0 Å². The molecule has 2 aliphatic rings. The lowest BCUT2D eigenvalue weighted by Gasteiger charge is -2.15. The molecule has 1 heterocycles. The van der Waals surface area contributed by atoms with Crippen molar-refractivity contribution in [1.82, 2.24) is 4.90 Å². The van der Waals surface area contributed by atoms with Crippen molar-refractivity contribution in [3.63, 3.8) is 0 Å². The van der Waals surface area contributed by atoms with Crippen LogP contribution < -0.4 is 10.6 Å². The Balaban J connectivity index is 1.40. The van der Waals surface area contributed by atoms with Crippen LogP contribution in [-0.4, -0.2) is 29.2 Å². The Morgan fingerprint density at radius 1 is 1.07 bits per heavy atom. The van der Waals surface area contributed by atoms with Crippen LogP contribution in [0.2, 0.25) is 0 Å². The Hall–Kier alpha value is -3.15. The van der Waals surface area contributed by atoms with Crippen molar-refractivity contribution < 1.29 is 14.4 Å². The largest absolute Gasteiger partial charge is 0.338 e. The molecule has 2 N–H and O–H groups in total. The molecule has 0 unspecified atom stereocenters. The average Bonchev–Trinajstić information content (AvgIpc) is 3.49. The predicted octanol–water partition coefficient (Wildman–Crippen LogP) is 3.72. The molecule has 4 rings (SSSR count). The molecular weight excluding hydrogens is 366 g/mol. The fraction of sp³-hybridized carbons (Fsp3) is 0.348. The van der Waals surface area contributed by atoms with Gasteiger partial charge in [-0.05, 0) is 61.6 Å². The molecule has 1 saturated carbocycles. The summed E-state index contributed by atoms with van der Waals surface area (Å²) in [6.45, 7) is 3.30. The third-order valence-corrected chi connectivity index (χ3v) is 5.46. The van der Waals surface area contributed by atoms with Gasteiger partial charge in [-0.3, -0.25) is 14.4 Å². The molecule has 29 heavy (non-hydrogen) atoms. The molecule has 0 radical (unpaired) electrons. The van der Waals surface area contributed by atoms with E-state index < -0.39 is 0 Å². The lowest BCUT2D eigenvalue weighted by Crippen LogP contribution is -2.23. The van der Waals surface area contributed by atoms with Crippen molar-refractivity contribution in [1.29, 1.82) is 0 Å². The standard InChI is InChI=1S/C23H25N3O3/c1-15-4-11-19(24-22(28)18-9-10-18)13-20(15)25-23(29)17-7-5-16(6-8-17)14-26-12-2-3-21(26)27/h4-8,11,13,18H,2-3,9-10,12,14H2,1H3,(H,24,28)(H,25,29). The first-order valence-electron chi connectivity index (χ1n) is 10.1. The number of hydrogen-bond donors (Lipinski definition) is 2. The van der Waals surface area contributed by atoms with E-state index in [1.54, 1.807) is 18.2 Å². The highest BCUT2D eigenvalue weighted by Crippen LogP contribution is 2.31. The number of hydrogen-bond acceptors (Lipinski definition) is 3. The van der Waals surface area contributed by atoms with Gasteiger partial charge in [-0.25, -0.2) is 0 Å². The summed E-state index contributed by atoms with van der Waals surface area (Å²) >= 11 is 0. The highest BCUT2D eigenvalue weighted by Gasteiger charge is 2.29. The Labute approximate surface area is 170 Å². The summed E-state index contributed by atoms with van der Waals surface area (Å²) in [7, 11) is 0. The van der Waals surface area contributed by atoms with E-state index in [1.165, 1.54) is 0 Å². The molecule has 150 valence electrons. The zero-order chi connectivity index (χ0) is 20.4. The van der Waals surface area contributed by atoms with Gasteiger partial charge in [0, 0.05) is 42.4 Å². The molecule has 6 nitrogen and oxygen atoms in total. The molecule has 3 amide bonds. The first-order valence-corrected chi connectivity index (χ1v) is 10.1. The molecule has 0 aromatic heterocycles. The number of carbonyl (C=O) groups is 3. The lowest BCUT2D eigenvalue weighted by molar-refractivity contribution is -0.128. The monoisotopic (exact) mass is 391 g/mol. The summed E-state index contributed by atoms with van der Waals surface area (Å²) in [5.74, 6) is 0.153. The van der Waals surface area contributed by atoms with Crippen molar-refractivity contribution in [2.75, 3.05) is 17.2 Å². The van der Waals surface area contributed by atoms with Gasteiger partial charge < -0.3 is 15.5 Å². The van der Waals surface area contributed by atoms with Crippen LogP contribution in [0.3, 0.4) is 0 Å². The number of anilines is 2. The van der Waals surface area contributed by atoms with Gasteiger partial charge in [-0.15, -0.1) is 0 Å². The maximum absolute atomic E-state index is 12.7. The normalized spacial score (nSPS) is 16.0. The van der Waals surface area contributed by atoms with Gasteiger partial charge in [-0.1, -0.05) is 18.2 Å². The van der Waals surface area contributed by atoms with Gasteiger partial charge in [-0.2, -0.15) is 0 Å². The summed E-state index contributed by atoms with van der Waals surface area (Å²) in [6.07, 6.45) is 3.44. The highest BCUT2D eigenvalue weighted by molar-refractivity contribution is 6.05. The van der Waals surface area contributed by atoms with E-state index in [4.69, 9.17) is 0 Å². The van der Waals surface area contributed by atoms with E-state index in [9.17, 15) is 14.4 Å². The average molecular weight is 391 g/mol. The summed E-state index contributed by atoms with van der Waals surface area (Å²) < 4.78 is 0. The highest BCUT2D eigenvalue weighted by atomic mass is 16.2. The van der Waals surface area contributed by atoms with Gasteiger partial charge in [0.25, 0.3) is 5.91 Å². The van der Waals surface area contributed by atoms with E-state index in [-0.39, 0.29) is 23.6 Å². The summed E-state index contributed by atoms with van der Waals surface area (Å²) in [6, 6.07) is 12.9. The number of amides is 3. The lowest BCUT2D eigenvalue weighted by atomic mass is 10.1. The van der Waals surface area contributed by atoms with Crippen LogP contribution in [0.4, 0.5) is 11.4 Å². The molecule has 2 aromatic carbocycles. The minimum atomic E-state index is -0.206. The van der Waals surface area contributed by atoms with E-state index >= 15 is 0 Å². The molecule has 2 aromatic rings. The first kappa shape index (κ1) is 19.2. The topological polar surface area (TPSA) is 78.5 Å². The van der Waals surface area contributed by atoms with Crippen LogP contribution in [0.1, 0.15) is 47.2 Å². The zero-order valence-electron chi connectivity index (χ0n) is 16.5. The van der Waals surface area contributed by atoms with Crippen LogP contribution in [-0.2, 0) is 16.1 Å². The van der Waals surface area contributed by atoms with E-state index in [0.717, 1.165) is 36.9 Å². The molecule has 0 bridgehead atoms. The fourth-order valence-electron chi connectivity index (χ4n) is 3.47. The van der Waals surface area contributed by atoms with Gasteiger partial charge in [0.1, 0.15) is 0 Å². The van der Waals surface area contributed by atoms with Crippen LogP contribution in [0.25, 0.3) is 0 Å². The number of carbonyl (C=O) groups excluding carboxylic acids is 3. The fourth-order valence-corrected chi connectivity index (χ4v) is 3.47. The van der Waals surface area contributed by atoms with Crippen LogP contribution in [0, 0.1) is 12.8 Å². The number of likely N-dealkylation sites (tertiary alicyclic amines) is 1. The van der Waals surface area contributed by atoms with E-state index in [2.05, 4.69) is 10.6 Å². The Bertz CT molecular complexity index is 948. The van der Waals surface area contributed by atoms with Crippen molar-refractivity contribution >= 4 is 29.1 Å². The molecule has 0 atom stereocenters. The number of benzene rings is 2. The second-order valence-corrected chi connectivity index (χ2v) is 7.86. The Kier molecular flexibility index (Phi) is 5.34. The van der Waals surface area contributed by atoms with Crippen molar-refractivity contribution in [2.24, 2.45) is 5.92 Å². The van der Waals surface area contributed by atoms with Crippen LogP contribution in [0.5, 0.6) is 0 Å². The van der Waals surface area contributed by atoms with Gasteiger partial charge in [0.15, 0.2) is 0 Å². The third kappa shape index (κ3) is 4.65. The van der Waals surface area contributed by atoms with Gasteiger partial charge in [0.05, 0.1) is 0 Å². The summed E-state index contributed by atoms with van der Waals surface area (Å²) in [5.41, 5.74) is 3.85. The van der Waals surface area contributed by atoms with Crippen LogP contribution in [0.15, 0.2) is 42.5 Å². The smallest absolute Gasteiger partial charge is 0.255 e.